The number of carboxylic acids is 2. The average molecular weight is 805 g/mol. The van der Waals surface area contributed by atoms with Gasteiger partial charge in [0, 0.05) is 68.3 Å². The summed E-state index contributed by atoms with van der Waals surface area (Å²) >= 11 is 23.1. The number of halogens is 4. The predicted octanol–water partition coefficient (Wildman–Crippen LogP) is 3.72. The van der Waals surface area contributed by atoms with Gasteiger partial charge in [0.25, 0.3) is 0 Å². The minimum atomic E-state index is -3.70. The van der Waals surface area contributed by atoms with Gasteiger partial charge in [-0.25, -0.2) is 22.6 Å². The van der Waals surface area contributed by atoms with Crippen molar-refractivity contribution in [3.05, 3.63) is 37.0 Å². The third kappa shape index (κ3) is 20.1. The van der Waals surface area contributed by atoms with E-state index in [4.69, 9.17) is 56.0 Å². The molecule has 0 spiro atoms. The fourth-order valence-electron chi connectivity index (χ4n) is 3.69. The number of nitrogens with zero attached hydrogens (tertiary/aromatic N) is 2. The molecule has 4 N–H and O–H groups in total. The fraction of sp³-hybridized carbons (Fsp3) is 0.643. The number of hydrogen-bond donors (Lipinski definition) is 4. The molecule has 0 aromatic heterocycles. The largest absolute Gasteiger partial charge is 0.481 e. The first kappa shape index (κ1) is 48.4. The second-order valence-electron chi connectivity index (χ2n) is 9.59. The highest BCUT2D eigenvalue weighted by Crippen LogP contribution is 2.54. The minimum absolute atomic E-state index is 0.00304. The zero-order chi connectivity index (χ0) is 37.3. The highest BCUT2D eigenvalue weighted by molar-refractivity contribution is 7.91. The number of sulfone groups is 1. The molecule has 48 heavy (non-hydrogen) atoms. The van der Waals surface area contributed by atoms with Gasteiger partial charge >= 0.3 is 19.6 Å². The molecule has 0 aromatic carbocycles. The topological polar surface area (TPSA) is 200 Å². The standard InChI is InChI=1S/C18H26N2O8S.C10H21Cl4N2O2P/c1-4-6-8-12(3)16(18(25)26)20-17(24)13(11-29(27,28)5-2)19-14(21)9-7-10-15(22)23;1-2-18-19(17,15(7-3-11)8-4-12)16(9-5-13)10-6-14/h4,6,8,13,16H,1,3,5,7,9-11H2,2H3,(H,19,21)(H,20,24)(H,22,23)(H,25,26);2-10H2,1H3/b8-6-;/t13?,16-;/m1./s1. The Hall–Kier alpha value is -1.68. The van der Waals surface area contributed by atoms with Crippen molar-refractivity contribution < 1.29 is 46.9 Å². The molecule has 0 aliphatic heterocycles. The smallest absolute Gasteiger partial charge is 0.346 e. The van der Waals surface area contributed by atoms with Gasteiger partial charge in [0.15, 0.2) is 15.9 Å². The SMILES string of the molecule is C=C/C=C\C(=C)[C@@H](NC(=O)C(CS(=O)(=O)CC)NC(=O)CCCC(=O)O)C(=O)O.CCOP(=O)(N(CCCl)CCCl)N(CCCl)CCCl. The molecule has 0 bridgehead atoms. The van der Waals surface area contributed by atoms with E-state index < -0.39 is 59.1 Å². The summed E-state index contributed by atoms with van der Waals surface area (Å²) in [6, 6.07) is -3.09. The third-order valence-corrected chi connectivity index (χ3v) is 11.3. The number of alkyl halides is 4. The molecule has 1 unspecified atom stereocenters. The fourth-order valence-corrected chi connectivity index (χ4v) is 8.39. The van der Waals surface area contributed by atoms with Crippen LogP contribution in [0.4, 0.5) is 0 Å². The molecule has 0 aliphatic rings. The van der Waals surface area contributed by atoms with Gasteiger partial charge in [-0.3, -0.25) is 18.9 Å². The Bertz CT molecular complexity index is 1190. The van der Waals surface area contributed by atoms with Crippen LogP contribution in [-0.2, 0) is 38.1 Å². The van der Waals surface area contributed by atoms with Crippen LogP contribution in [0.2, 0.25) is 0 Å². The zero-order valence-corrected chi connectivity index (χ0v) is 31.9. The van der Waals surface area contributed by atoms with Crippen molar-refractivity contribution in [2.75, 3.05) is 67.8 Å². The molecule has 0 rings (SSSR count). The van der Waals surface area contributed by atoms with Crippen LogP contribution >= 0.6 is 54.1 Å². The summed E-state index contributed by atoms with van der Waals surface area (Å²) in [5, 5.41) is 22.3. The lowest BCUT2D eigenvalue weighted by atomic mass is 10.1. The lowest BCUT2D eigenvalue weighted by molar-refractivity contribution is -0.140. The van der Waals surface area contributed by atoms with E-state index in [0.717, 1.165) is 0 Å². The molecule has 278 valence electrons. The first-order valence-electron chi connectivity index (χ1n) is 14.8. The Kier molecular flexibility index (Phi) is 27.3. The van der Waals surface area contributed by atoms with Crippen LogP contribution in [0.15, 0.2) is 37.0 Å². The number of aliphatic carboxylic acids is 2. The number of allylic oxidation sites excluding steroid dienone is 2. The molecule has 0 radical (unpaired) electrons. The van der Waals surface area contributed by atoms with E-state index in [1.807, 2.05) is 0 Å². The molecule has 0 aliphatic carbocycles. The highest BCUT2D eigenvalue weighted by atomic mass is 35.5. The van der Waals surface area contributed by atoms with Gasteiger partial charge in [-0.05, 0) is 18.9 Å². The van der Waals surface area contributed by atoms with E-state index in [1.54, 1.807) is 16.3 Å². The van der Waals surface area contributed by atoms with E-state index >= 15 is 0 Å². The number of carbonyl (C=O) groups is 4. The van der Waals surface area contributed by atoms with Crippen LogP contribution < -0.4 is 10.6 Å². The van der Waals surface area contributed by atoms with E-state index in [2.05, 4.69) is 23.8 Å². The Morgan fingerprint density at radius 3 is 1.79 bits per heavy atom. The van der Waals surface area contributed by atoms with Gasteiger partial charge in [0.2, 0.25) is 11.8 Å². The molecular formula is C28H47Cl4N4O10PS. The maximum atomic E-state index is 13.2. The molecule has 20 heteroatoms. The lowest BCUT2D eigenvalue weighted by Gasteiger charge is -2.37. The highest BCUT2D eigenvalue weighted by Gasteiger charge is 2.37. The van der Waals surface area contributed by atoms with E-state index in [9.17, 15) is 37.3 Å². The van der Waals surface area contributed by atoms with Crippen molar-refractivity contribution in [3.8, 4) is 0 Å². The lowest BCUT2D eigenvalue weighted by Crippen LogP contribution is -2.54. The molecule has 0 aromatic rings. The number of nitrogens with one attached hydrogen (secondary N) is 2. The zero-order valence-electron chi connectivity index (χ0n) is 27.1. The van der Waals surface area contributed by atoms with Crippen LogP contribution in [-0.4, -0.2) is 132 Å². The number of carbonyl (C=O) groups excluding carboxylic acids is 2. The third-order valence-electron chi connectivity index (χ3n) is 6.04. The van der Waals surface area contributed by atoms with Gasteiger partial charge in [-0.15, -0.1) is 46.4 Å². The summed E-state index contributed by atoms with van der Waals surface area (Å²) < 4.78 is 45.9. The van der Waals surface area contributed by atoms with Crippen LogP contribution in [0.1, 0.15) is 33.1 Å². The van der Waals surface area contributed by atoms with Gasteiger partial charge in [0.1, 0.15) is 6.04 Å². The maximum absolute atomic E-state index is 13.2. The molecule has 14 nitrogen and oxygen atoms in total. The quantitative estimate of drug-likeness (QED) is 0.0563. The monoisotopic (exact) mass is 802 g/mol. The molecule has 0 fully saturated rings. The summed E-state index contributed by atoms with van der Waals surface area (Å²) in [7, 11) is -6.88. The average Bonchev–Trinajstić information content (AvgIpc) is 3.01. The van der Waals surface area contributed by atoms with Crippen LogP contribution in [0, 0.1) is 0 Å². The van der Waals surface area contributed by atoms with Crippen LogP contribution in [0.25, 0.3) is 0 Å². The van der Waals surface area contributed by atoms with Gasteiger partial charge in [0.05, 0.1) is 12.4 Å². The van der Waals surface area contributed by atoms with E-state index in [0.29, 0.717) is 56.3 Å². The van der Waals surface area contributed by atoms with Crippen molar-refractivity contribution >= 4 is 87.7 Å². The van der Waals surface area contributed by atoms with E-state index in [1.165, 1.54) is 25.2 Å². The number of carboxylic acid groups (broad SMARTS) is 2. The van der Waals surface area contributed by atoms with Gasteiger partial charge in [-0.2, -0.15) is 0 Å². The summed E-state index contributed by atoms with van der Waals surface area (Å²) in [6.45, 7) is 12.2. The number of rotatable bonds is 26. The first-order valence-corrected chi connectivity index (χ1v) is 20.2. The molecule has 0 heterocycles. The Morgan fingerprint density at radius 2 is 1.42 bits per heavy atom. The normalized spacial score (nSPS) is 13.0. The van der Waals surface area contributed by atoms with Crippen molar-refractivity contribution in [1.82, 2.24) is 20.0 Å². The van der Waals surface area contributed by atoms with Crippen molar-refractivity contribution in [1.29, 1.82) is 0 Å². The molecule has 2 amide bonds. The second kappa shape index (κ2) is 27.1. The Balaban J connectivity index is 0. The molecular weight excluding hydrogens is 757 g/mol. The summed E-state index contributed by atoms with van der Waals surface area (Å²) in [6.07, 6.45) is 3.59. The van der Waals surface area contributed by atoms with Gasteiger partial charge < -0.3 is 25.4 Å². The first-order chi connectivity index (χ1) is 22.5. The van der Waals surface area contributed by atoms with Crippen molar-refractivity contribution in [2.24, 2.45) is 0 Å². The van der Waals surface area contributed by atoms with Crippen LogP contribution in [0.3, 0.4) is 0 Å². The maximum Gasteiger partial charge on any atom is 0.346 e. The Morgan fingerprint density at radius 1 is 0.917 bits per heavy atom. The van der Waals surface area contributed by atoms with Gasteiger partial charge in [-0.1, -0.05) is 38.3 Å². The van der Waals surface area contributed by atoms with Crippen LogP contribution in [0.5, 0.6) is 0 Å². The molecule has 0 saturated carbocycles. The van der Waals surface area contributed by atoms with E-state index in [-0.39, 0.29) is 30.6 Å². The predicted molar refractivity (Wildman–Crippen MR) is 191 cm³/mol. The summed E-state index contributed by atoms with van der Waals surface area (Å²) in [4.78, 5) is 46.4. The Labute approximate surface area is 303 Å². The summed E-state index contributed by atoms with van der Waals surface area (Å²) in [5.41, 5.74) is 0.00985. The number of hydrogen-bond acceptors (Lipinski definition) is 8. The van der Waals surface area contributed by atoms with Crippen molar-refractivity contribution in [3.63, 3.8) is 0 Å². The second-order valence-corrected chi connectivity index (χ2v) is 15.9. The summed E-state index contributed by atoms with van der Waals surface area (Å²) in [5.74, 6) is -3.90. The minimum Gasteiger partial charge on any atom is -0.481 e. The number of amides is 2. The van der Waals surface area contributed by atoms with Crippen molar-refractivity contribution in [2.45, 2.75) is 45.2 Å². The molecule has 0 saturated heterocycles. The molecule has 2 atom stereocenters.